The molecule has 0 radical (unpaired) electrons. The fourth-order valence-corrected chi connectivity index (χ4v) is 2.77. The molecule has 3 N–H and O–H groups in total. The Labute approximate surface area is 102 Å². The van der Waals surface area contributed by atoms with Crippen molar-refractivity contribution >= 4 is 10.0 Å². The van der Waals surface area contributed by atoms with Crippen molar-refractivity contribution in [2.75, 3.05) is 6.54 Å². The summed E-state index contributed by atoms with van der Waals surface area (Å²) in [4.78, 5) is 0.176. The smallest absolute Gasteiger partial charge is 0.243 e. The van der Waals surface area contributed by atoms with Gasteiger partial charge in [-0.25, -0.2) is 13.1 Å². The number of nitrogens with zero attached hydrogens (tertiary/aromatic N) is 2. The van der Waals surface area contributed by atoms with Gasteiger partial charge in [-0.15, -0.1) is 0 Å². The largest absolute Gasteiger partial charge is 0.329 e. The molecular weight excluding hydrogens is 240 g/mol. The highest BCUT2D eigenvalue weighted by Gasteiger charge is 2.20. The second-order valence-electron chi connectivity index (χ2n) is 4.05. The predicted molar refractivity (Wildman–Crippen MR) is 65.9 cm³/mol. The number of aromatic nitrogens is 2. The molecule has 0 spiro atoms. The van der Waals surface area contributed by atoms with Crippen LogP contribution in [0.2, 0.25) is 0 Å². The lowest BCUT2D eigenvalue weighted by molar-refractivity contribution is 0.516. The highest BCUT2D eigenvalue weighted by Crippen LogP contribution is 2.09. The van der Waals surface area contributed by atoms with Crippen LogP contribution < -0.4 is 10.5 Å². The van der Waals surface area contributed by atoms with E-state index in [2.05, 4.69) is 16.7 Å². The van der Waals surface area contributed by atoms with E-state index in [-0.39, 0.29) is 10.9 Å². The topological polar surface area (TPSA) is 90.0 Å². The van der Waals surface area contributed by atoms with Gasteiger partial charge in [-0.2, -0.15) is 5.10 Å². The van der Waals surface area contributed by atoms with Crippen LogP contribution in [0, 0.1) is 0 Å². The molecular formula is C10H20N4O2S. The SMILES string of the molecule is CCCCC(CN)NS(=O)(=O)c1cnn(C)c1. The number of rotatable bonds is 7. The number of unbranched alkanes of at least 4 members (excludes halogenated alkanes) is 1. The summed E-state index contributed by atoms with van der Waals surface area (Å²) in [5.74, 6) is 0. The van der Waals surface area contributed by atoms with E-state index in [4.69, 9.17) is 5.73 Å². The number of hydrogen-bond acceptors (Lipinski definition) is 4. The number of aryl methyl sites for hydroxylation is 1. The molecule has 1 unspecified atom stereocenters. The van der Waals surface area contributed by atoms with Gasteiger partial charge in [-0.1, -0.05) is 19.8 Å². The molecule has 0 aromatic carbocycles. The van der Waals surface area contributed by atoms with Gasteiger partial charge in [-0.3, -0.25) is 4.68 Å². The Morgan fingerprint density at radius 2 is 2.29 bits per heavy atom. The van der Waals surface area contributed by atoms with Gasteiger partial charge in [0.25, 0.3) is 0 Å². The van der Waals surface area contributed by atoms with Crippen molar-refractivity contribution in [3.63, 3.8) is 0 Å². The van der Waals surface area contributed by atoms with Crippen LogP contribution in [0.15, 0.2) is 17.3 Å². The molecule has 17 heavy (non-hydrogen) atoms. The summed E-state index contributed by atoms with van der Waals surface area (Å²) in [6.45, 7) is 2.36. The molecule has 1 atom stereocenters. The normalized spacial score (nSPS) is 13.8. The Balaban J connectivity index is 2.71. The molecule has 6 nitrogen and oxygen atoms in total. The number of sulfonamides is 1. The first kappa shape index (κ1) is 14.1. The van der Waals surface area contributed by atoms with Crippen LogP contribution in [0.1, 0.15) is 26.2 Å². The molecule has 0 aliphatic heterocycles. The minimum atomic E-state index is -3.49. The van der Waals surface area contributed by atoms with Gasteiger partial charge in [0, 0.05) is 25.8 Å². The van der Waals surface area contributed by atoms with Gasteiger partial charge in [-0.05, 0) is 6.42 Å². The third-order valence-electron chi connectivity index (χ3n) is 2.50. The lowest BCUT2D eigenvalue weighted by atomic mass is 10.1. The molecule has 1 aromatic heterocycles. The van der Waals surface area contributed by atoms with Crippen molar-refractivity contribution < 1.29 is 8.42 Å². The summed E-state index contributed by atoms with van der Waals surface area (Å²) in [7, 11) is -1.82. The maximum Gasteiger partial charge on any atom is 0.243 e. The summed E-state index contributed by atoms with van der Waals surface area (Å²) in [6.07, 6.45) is 5.53. The zero-order chi connectivity index (χ0) is 12.9. The maximum atomic E-state index is 12.0. The van der Waals surface area contributed by atoms with Crippen LogP contribution in [0.25, 0.3) is 0 Å². The highest BCUT2D eigenvalue weighted by atomic mass is 32.2. The van der Waals surface area contributed by atoms with E-state index in [0.29, 0.717) is 6.54 Å². The zero-order valence-corrected chi connectivity index (χ0v) is 11.1. The first-order valence-electron chi connectivity index (χ1n) is 5.70. The first-order valence-corrected chi connectivity index (χ1v) is 7.19. The van der Waals surface area contributed by atoms with E-state index in [1.54, 1.807) is 7.05 Å². The van der Waals surface area contributed by atoms with Gasteiger partial charge in [0.2, 0.25) is 10.0 Å². The van der Waals surface area contributed by atoms with E-state index in [1.807, 2.05) is 0 Å². The van der Waals surface area contributed by atoms with Crippen molar-refractivity contribution in [1.29, 1.82) is 0 Å². The minimum Gasteiger partial charge on any atom is -0.329 e. The fraction of sp³-hybridized carbons (Fsp3) is 0.700. The van der Waals surface area contributed by atoms with Gasteiger partial charge in [0.15, 0.2) is 0 Å². The fourth-order valence-electron chi connectivity index (χ4n) is 1.50. The molecule has 0 amide bonds. The first-order chi connectivity index (χ1) is 7.99. The molecule has 7 heteroatoms. The summed E-state index contributed by atoms with van der Waals surface area (Å²) in [6, 6.07) is -0.208. The molecule has 98 valence electrons. The third-order valence-corrected chi connectivity index (χ3v) is 3.98. The number of nitrogens with one attached hydrogen (secondary N) is 1. The van der Waals surface area contributed by atoms with E-state index in [9.17, 15) is 8.42 Å². The maximum absolute atomic E-state index is 12.0. The molecule has 0 saturated carbocycles. The van der Waals surface area contributed by atoms with Crippen LogP contribution in [0.4, 0.5) is 0 Å². The lowest BCUT2D eigenvalue weighted by Gasteiger charge is -2.15. The number of hydrogen-bond donors (Lipinski definition) is 2. The van der Waals surface area contributed by atoms with Crippen molar-refractivity contribution in [3.8, 4) is 0 Å². The average Bonchev–Trinajstić information content (AvgIpc) is 2.71. The number of nitrogens with two attached hydrogens (primary N) is 1. The average molecular weight is 260 g/mol. The van der Waals surface area contributed by atoms with Gasteiger partial charge < -0.3 is 5.73 Å². The Bertz CT molecular complexity index is 441. The van der Waals surface area contributed by atoms with E-state index in [1.165, 1.54) is 17.1 Å². The molecule has 0 saturated heterocycles. The molecule has 0 fully saturated rings. The summed E-state index contributed by atoms with van der Waals surface area (Å²) < 4.78 is 28.0. The molecule has 1 rings (SSSR count). The standard InChI is InChI=1S/C10H20N4O2S/c1-3-4-5-9(6-11)13-17(15,16)10-7-12-14(2)8-10/h7-9,13H,3-6,11H2,1-2H3. The Morgan fingerprint density at radius 1 is 1.59 bits per heavy atom. The lowest BCUT2D eigenvalue weighted by Crippen LogP contribution is -2.39. The third kappa shape index (κ3) is 4.10. The van der Waals surface area contributed by atoms with Crippen molar-refractivity contribution in [2.45, 2.75) is 37.1 Å². The highest BCUT2D eigenvalue weighted by molar-refractivity contribution is 7.89. The Hall–Kier alpha value is -0.920. The Morgan fingerprint density at radius 3 is 2.76 bits per heavy atom. The van der Waals surface area contributed by atoms with E-state index >= 15 is 0 Å². The van der Waals surface area contributed by atoms with Crippen LogP contribution in [0.5, 0.6) is 0 Å². The summed E-state index contributed by atoms with van der Waals surface area (Å²) in [5, 5.41) is 3.84. The molecule has 0 aliphatic rings. The van der Waals surface area contributed by atoms with Gasteiger partial charge >= 0.3 is 0 Å². The molecule has 1 aromatic rings. The van der Waals surface area contributed by atoms with Crippen LogP contribution >= 0.6 is 0 Å². The molecule has 1 heterocycles. The van der Waals surface area contributed by atoms with Crippen molar-refractivity contribution in [2.24, 2.45) is 12.8 Å². The molecule has 0 bridgehead atoms. The second-order valence-corrected chi connectivity index (χ2v) is 5.76. The van der Waals surface area contributed by atoms with E-state index < -0.39 is 10.0 Å². The quantitative estimate of drug-likeness (QED) is 0.733. The van der Waals surface area contributed by atoms with Crippen LogP contribution in [-0.2, 0) is 17.1 Å². The second kappa shape index (κ2) is 6.13. The van der Waals surface area contributed by atoms with E-state index in [0.717, 1.165) is 19.3 Å². The van der Waals surface area contributed by atoms with Crippen molar-refractivity contribution in [1.82, 2.24) is 14.5 Å². The monoisotopic (exact) mass is 260 g/mol. The van der Waals surface area contributed by atoms with Crippen molar-refractivity contribution in [3.05, 3.63) is 12.4 Å². The minimum absolute atomic E-state index is 0.176. The zero-order valence-electron chi connectivity index (χ0n) is 10.3. The summed E-state index contributed by atoms with van der Waals surface area (Å²) in [5.41, 5.74) is 5.56. The Kier molecular flexibility index (Phi) is 5.10. The predicted octanol–water partition coefficient (Wildman–Crippen LogP) is 0.216. The van der Waals surface area contributed by atoms with Crippen LogP contribution in [-0.4, -0.2) is 30.8 Å². The summed E-state index contributed by atoms with van der Waals surface area (Å²) >= 11 is 0. The molecule has 0 aliphatic carbocycles. The van der Waals surface area contributed by atoms with Gasteiger partial charge in [0.05, 0.1) is 6.20 Å². The van der Waals surface area contributed by atoms with Crippen LogP contribution in [0.3, 0.4) is 0 Å². The van der Waals surface area contributed by atoms with Gasteiger partial charge in [0.1, 0.15) is 4.90 Å².